The zero-order chi connectivity index (χ0) is 16.5. The first-order valence-electron chi connectivity index (χ1n) is 7.36. The van der Waals surface area contributed by atoms with Crippen LogP contribution in [0.5, 0.6) is 0 Å². The first-order valence-corrected chi connectivity index (χ1v) is 8.18. The van der Waals surface area contributed by atoms with E-state index < -0.39 is 5.09 Å². The summed E-state index contributed by atoms with van der Waals surface area (Å²) in [6.07, 6.45) is 0.520. The fraction of sp³-hybridized carbons (Fsp3) is 0.438. The van der Waals surface area contributed by atoms with Crippen LogP contribution in [0, 0.1) is 17.0 Å². The van der Waals surface area contributed by atoms with Crippen molar-refractivity contribution >= 4 is 11.3 Å². The third-order valence-corrected chi connectivity index (χ3v) is 4.50. The molecule has 5 nitrogen and oxygen atoms in total. The van der Waals surface area contributed by atoms with E-state index in [1.54, 1.807) is 11.3 Å². The lowest BCUT2D eigenvalue weighted by atomic mass is 10.0. The highest BCUT2D eigenvalue weighted by Crippen LogP contribution is 2.29. The van der Waals surface area contributed by atoms with Crippen LogP contribution < -0.4 is 0 Å². The Morgan fingerprint density at radius 3 is 2.55 bits per heavy atom. The Balaban J connectivity index is 0.00000116. The highest BCUT2D eigenvalue weighted by atomic mass is 32.1. The maximum absolute atomic E-state index is 10.1. The Morgan fingerprint density at radius 1 is 1.32 bits per heavy atom. The van der Waals surface area contributed by atoms with Crippen LogP contribution >= 0.6 is 11.3 Å². The van der Waals surface area contributed by atoms with Crippen molar-refractivity contribution in [2.24, 2.45) is 0 Å². The van der Waals surface area contributed by atoms with Crippen molar-refractivity contribution in [2.75, 3.05) is 6.61 Å². The predicted molar refractivity (Wildman–Crippen MR) is 88.8 cm³/mol. The average Bonchev–Trinajstić information content (AvgIpc) is 2.90. The number of aromatic nitrogens is 1. The van der Waals surface area contributed by atoms with Gasteiger partial charge in [0.25, 0.3) is 5.09 Å². The van der Waals surface area contributed by atoms with E-state index in [0.717, 1.165) is 15.6 Å². The molecule has 0 fully saturated rings. The highest BCUT2D eigenvalue weighted by Gasteiger charge is 2.15. The number of thiazole rings is 1. The Hall–Kier alpha value is -1.95. The van der Waals surface area contributed by atoms with Crippen LogP contribution in [-0.4, -0.2) is 16.7 Å². The van der Waals surface area contributed by atoms with Crippen molar-refractivity contribution < 1.29 is 9.92 Å². The molecule has 0 saturated carbocycles. The summed E-state index contributed by atoms with van der Waals surface area (Å²) >= 11 is 1.60. The highest BCUT2D eigenvalue weighted by molar-refractivity contribution is 7.11. The summed E-state index contributed by atoms with van der Waals surface area (Å²) in [6, 6.07) is 10.2. The van der Waals surface area contributed by atoms with Gasteiger partial charge in [0.15, 0.2) is 0 Å². The second kappa shape index (κ2) is 9.15. The van der Waals surface area contributed by atoms with E-state index in [0.29, 0.717) is 6.42 Å². The topological polar surface area (TPSA) is 65.3 Å². The summed E-state index contributed by atoms with van der Waals surface area (Å²) < 4.78 is 0. The van der Waals surface area contributed by atoms with E-state index in [1.165, 1.54) is 5.56 Å². The van der Waals surface area contributed by atoms with Gasteiger partial charge in [-0.15, -0.1) is 21.5 Å². The van der Waals surface area contributed by atoms with Crippen LogP contribution in [0.2, 0.25) is 0 Å². The van der Waals surface area contributed by atoms with Gasteiger partial charge in [-0.1, -0.05) is 51.1 Å². The summed E-state index contributed by atoms with van der Waals surface area (Å²) in [5, 5.41) is 10.4. The number of aryl methyl sites for hydroxylation is 1. The lowest BCUT2D eigenvalue weighted by Crippen LogP contribution is -2.04. The minimum atomic E-state index is -0.760. The van der Waals surface area contributed by atoms with E-state index in [2.05, 4.69) is 28.9 Å². The smallest absolute Gasteiger partial charge is 0.294 e. The molecule has 2 aromatic rings. The molecule has 120 valence electrons. The van der Waals surface area contributed by atoms with Gasteiger partial charge in [0.05, 0.1) is 5.69 Å². The summed E-state index contributed by atoms with van der Waals surface area (Å²) in [4.78, 5) is 20.1. The third kappa shape index (κ3) is 5.11. The van der Waals surface area contributed by atoms with E-state index in [1.807, 2.05) is 39.0 Å². The molecular formula is C16H22N2O3S. The van der Waals surface area contributed by atoms with Gasteiger partial charge in [0.2, 0.25) is 0 Å². The van der Waals surface area contributed by atoms with Gasteiger partial charge in [-0.25, -0.2) is 4.98 Å². The molecule has 1 heterocycles. The number of rotatable bonds is 6. The van der Waals surface area contributed by atoms with Crippen molar-refractivity contribution in [3.63, 3.8) is 0 Å². The molecule has 0 aliphatic rings. The molecule has 2 rings (SSSR count). The Morgan fingerprint density at radius 2 is 1.95 bits per heavy atom. The Labute approximate surface area is 135 Å². The van der Waals surface area contributed by atoms with Gasteiger partial charge in [-0.2, -0.15) is 0 Å². The summed E-state index contributed by atoms with van der Waals surface area (Å²) in [6.45, 7) is 8.12. The molecule has 0 bridgehead atoms. The molecule has 6 heteroatoms. The fourth-order valence-corrected chi connectivity index (χ4v) is 3.09. The van der Waals surface area contributed by atoms with Gasteiger partial charge >= 0.3 is 0 Å². The first-order chi connectivity index (χ1) is 10.6. The molecule has 22 heavy (non-hydrogen) atoms. The second-order valence-electron chi connectivity index (χ2n) is 4.50. The largest absolute Gasteiger partial charge is 0.314 e. The lowest BCUT2D eigenvalue weighted by Gasteiger charge is -2.07. The zero-order valence-electron chi connectivity index (χ0n) is 13.4. The number of hydrogen-bond acceptors (Lipinski definition) is 5. The molecule has 0 amide bonds. The van der Waals surface area contributed by atoms with Gasteiger partial charge in [-0.3, -0.25) is 0 Å². The van der Waals surface area contributed by atoms with Crippen molar-refractivity contribution in [1.29, 1.82) is 0 Å². The van der Waals surface area contributed by atoms with E-state index >= 15 is 0 Å². The maximum atomic E-state index is 10.1. The monoisotopic (exact) mass is 322 g/mol. The fourth-order valence-electron chi connectivity index (χ4n) is 1.96. The second-order valence-corrected chi connectivity index (χ2v) is 5.62. The van der Waals surface area contributed by atoms with Crippen molar-refractivity contribution in [3.05, 3.63) is 61.6 Å². The Bertz CT molecular complexity index is 584. The Kier molecular flexibility index (Phi) is 7.52. The predicted octanol–water partition coefficient (Wildman–Crippen LogP) is 4.38. The van der Waals surface area contributed by atoms with Gasteiger partial charge < -0.3 is 4.84 Å². The number of benzene rings is 1. The lowest BCUT2D eigenvalue weighted by molar-refractivity contribution is -0.757. The summed E-state index contributed by atoms with van der Waals surface area (Å²) in [7, 11) is 0. The van der Waals surface area contributed by atoms with Crippen molar-refractivity contribution in [1.82, 2.24) is 4.98 Å². The van der Waals surface area contributed by atoms with Gasteiger partial charge in [0.1, 0.15) is 11.6 Å². The zero-order valence-corrected chi connectivity index (χ0v) is 14.2. The van der Waals surface area contributed by atoms with Crippen LogP contribution in [0.1, 0.15) is 47.8 Å². The molecule has 1 aromatic heterocycles. The molecule has 0 aliphatic carbocycles. The molecule has 1 unspecified atom stereocenters. The average molecular weight is 322 g/mol. The van der Waals surface area contributed by atoms with Crippen LogP contribution in [-0.2, 0) is 11.3 Å². The third-order valence-electron chi connectivity index (χ3n) is 3.11. The minimum Gasteiger partial charge on any atom is -0.314 e. The molecule has 0 spiro atoms. The number of hydrogen-bond donors (Lipinski definition) is 0. The van der Waals surface area contributed by atoms with Crippen LogP contribution in [0.3, 0.4) is 0 Å². The molecule has 0 N–H and O–H groups in total. The SMILES string of the molecule is CC.Cc1nc(C(C)c2ccccc2)sc1CCO[N+](=O)[O-]. The first kappa shape index (κ1) is 18.1. The van der Waals surface area contributed by atoms with E-state index in [9.17, 15) is 10.1 Å². The molecule has 0 saturated heterocycles. The summed E-state index contributed by atoms with van der Waals surface area (Å²) in [5.74, 6) is 0.227. The molecule has 0 aliphatic heterocycles. The van der Waals surface area contributed by atoms with Crippen LogP contribution in [0.25, 0.3) is 0 Å². The molecule has 0 radical (unpaired) electrons. The molecule has 1 aromatic carbocycles. The summed E-state index contributed by atoms with van der Waals surface area (Å²) in [5.41, 5.74) is 2.15. The molecular weight excluding hydrogens is 300 g/mol. The minimum absolute atomic E-state index is 0.0786. The quantitative estimate of drug-likeness (QED) is 0.585. The normalized spacial score (nSPS) is 11.3. The maximum Gasteiger partial charge on any atom is 0.294 e. The number of nitrogens with zero attached hydrogens (tertiary/aromatic N) is 2. The van der Waals surface area contributed by atoms with Gasteiger partial charge in [0, 0.05) is 17.2 Å². The standard InChI is InChI=1S/C14H16N2O3S.C2H6/c1-10(12-6-4-3-5-7-12)14-15-11(2)13(20-14)8-9-19-16(17)18;1-2/h3-7,10H,8-9H2,1-2H3;1-2H3. The van der Waals surface area contributed by atoms with Crippen molar-refractivity contribution in [2.45, 2.75) is 40.0 Å². The van der Waals surface area contributed by atoms with E-state index in [-0.39, 0.29) is 12.5 Å². The van der Waals surface area contributed by atoms with Gasteiger partial charge in [-0.05, 0) is 12.5 Å². The van der Waals surface area contributed by atoms with E-state index in [4.69, 9.17) is 0 Å². The van der Waals surface area contributed by atoms with Crippen molar-refractivity contribution in [3.8, 4) is 0 Å². The van der Waals surface area contributed by atoms with Crippen LogP contribution in [0.15, 0.2) is 30.3 Å². The molecule has 1 atom stereocenters. The van der Waals surface area contributed by atoms with Crippen LogP contribution in [0.4, 0.5) is 0 Å².